The van der Waals surface area contributed by atoms with Crippen molar-refractivity contribution >= 4 is 12.0 Å². The third kappa shape index (κ3) is 3.13. The summed E-state index contributed by atoms with van der Waals surface area (Å²) in [5.41, 5.74) is 0.766. The zero-order valence-corrected chi connectivity index (χ0v) is 16.3. The lowest BCUT2D eigenvalue weighted by molar-refractivity contribution is -0.526. The van der Waals surface area contributed by atoms with E-state index in [1.165, 1.54) is 7.11 Å². The molecule has 2 fully saturated rings. The molecule has 0 unspecified atom stereocenters. The van der Waals surface area contributed by atoms with E-state index in [2.05, 4.69) is 0 Å². The van der Waals surface area contributed by atoms with Crippen molar-refractivity contribution in [2.75, 3.05) is 13.7 Å². The van der Waals surface area contributed by atoms with Crippen LogP contribution in [0.4, 0.5) is 0 Å². The maximum atomic E-state index is 13.1. The summed E-state index contributed by atoms with van der Waals surface area (Å²) >= 11 is 0. The van der Waals surface area contributed by atoms with Crippen molar-refractivity contribution in [3.63, 3.8) is 0 Å². The molecule has 4 rings (SSSR count). The van der Waals surface area contributed by atoms with E-state index in [9.17, 15) is 14.9 Å². The van der Waals surface area contributed by atoms with Gasteiger partial charge in [-0.3, -0.25) is 19.8 Å². The maximum Gasteiger partial charge on any atom is 0.327 e. The molecule has 4 atom stereocenters. The zero-order chi connectivity index (χ0) is 20.4. The summed E-state index contributed by atoms with van der Waals surface area (Å²) in [5, 5.41) is 12.3. The molecule has 0 spiro atoms. The van der Waals surface area contributed by atoms with E-state index in [0.717, 1.165) is 17.5 Å². The van der Waals surface area contributed by atoms with Crippen molar-refractivity contribution in [2.24, 2.45) is 0 Å². The molecule has 0 aromatic heterocycles. The standard InChI is InChI=1S/C23H24N2O4/c1-29-22(26)23-15-8-16-24(23)19(14-13-17-9-4-2-5-10-17)21(25(27)28)20(23)18-11-6-3-7-12-18/h2-7,9-14,19-21H,8,15-16H2,1H3/b14-13+/t19-,20-,21+,23+/m0/s1. The summed E-state index contributed by atoms with van der Waals surface area (Å²) in [4.78, 5) is 27.1. The van der Waals surface area contributed by atoms with Crippen LogP contribution in [-0.2, 0) is 9.53 Å². The minimum atomic E-state index is -1.01. The highest BCUT2D eigenvalue weighted by Gasteiger charge is 2.69. The van der Waals surface area contributed by atoms with Gasteiger partial charge in [0, 0.05) is 11.5 Å². The second-order valence-corrected chi connectivity index (χ2v) is 7.64. The Labute approximate surface area is 169 Å². The molecule has 0 amide bonds. The van der Waals surface area contributed by atoms with Crippen molar-refractivity contribution in [3.05, 3.63) is 88.0 Å². The fraction of sp³-hybridized carbons (Fsp3) is 0.348. The topological polar surface area (TPSA) is 72.7 Å². The molecule has 0 bridgehead atoms. The molecule has 6 nitrogen and oxygen atoms in total. The molecule has 0 saturated carbocycles. The molecule has 29 heavy (non-hydrogen) atoms. The van der Waals surface area contributed by atoms with Crippen LogP contribution in [0, 0.1) is 10.1 Å². The lowest BCUT2D eigenvalue weighted by atomic mass is 9.76. The number of hydrogen-bond donors (Lipinski definition) is 0. The molecule has 2 heterocycles. The van der Waals surface area contributed by atoms with Crippen molar-refractivity contribution in [1.82, 2.24) is 4.90 Å². The number of rotatable bonds is 5. The molecule has 2 aliphatic heterocycles. The van der Waals surface area contributed by atoms with Gasteiger partial charge < -0.3 is 4.74 Å². The van der Waals surface area contributed by atoms with Gasteiger partial charge in [-0.05, 0) is 24.0 Å². The first-order valence-corrected chi connectivity index (χ1v) is 9.86. The Morgan fingerprint density at radius 2 is 1.83 bits per heavy atom. The fourth-order valence-corrected chi connectivity index (χ4v) is 5.17. The molecular formula is C23H24N2O4. The second-order valence-electron chi connectivity index (χ2n) is 7.64. The maximum absolute atomic E-state index is 13.1. The Morgan fingerprint density at radius 3 is 2.45 bits per heavy atom. The van der Waals surface area contributed by atoms with E-state index in [1.807, 2.05) is 77.7 Å². The number of benzene rings is 2. The second kappa shape index (κ2) is 7.79. The largest absolute Gasteiger partial charge is 0.468 e. The molecule has 2 saturated heterocycles. The predicted octanol–water partition coefficient (Wildman–Crippen LogP) is 3.52. The van der Waals surface area contributed by atoms with Gasteiger partial charge in [-0.1, -0.05) is 72.8 Å². The number of ether oxygens (including phenoxy) is 1. The summed E-state index contributed by atoms with van der Waals surface area (Å²) in [6.07, 6.45) is 5.15. The van der Waals surface area contributed by atoms with Crippen LogP contribution in [0.1, 0.15) is 29.9 Å². The molecule has 2 aromatic rings. The van der Waals surface area contributed by atoms with E-state index in [0.29, 0.717) is 13.0 Å². The molecule has 0 radical (unpaired) electrons. The number of esters is 1. The number of nitro groups is 1. The van der Waals surface area contributed by atoms with Gasteiger partial charge >= 0.3 is 5.97 Å². The predicted molar refractivity (Wildman–Crippen MR) is 110 cm³/mol. The zero-order valence-electron chi connectivity index (χ0n) is 16.3. The number of fused-ring (bicyclic) bond motifs is 1. The Balaban J connectivity index is 1.84. The van der Waals surface area contributed by atoms with Crippen molar-refractivity contribution < 1.29 is 14.5 Å². The van der Waals surface area contributed by atoms with Crippen LogP contribution in [0.5, 0.6) is 0 Å². The van der Waals surface area contributed by atoms with E-state index < -0.39 is 23.5 Å². The quantitative estimate of drug-likeness (QED) is 0.442. The Hall–Kier alpha value is -2.99. The lowest BCUT2D eigenvalue weighted by Crippen LogP contribution is -2.51. The van der Waals surface area contributed by atoms with Crippen LogP contribution in [0.3, 0.4) is 0 Å². The van der Waals surface area contributed by atoms with Crippen molar-refractivity contribution in [1.29, 1.82) is 0 Å². The van der Waals surface area contributed by atoms with Gasteiger partial charge in [0.05, 0.1) is 19.1 Å². The van der Waals surface area contributed by atoms with Gasteiger partial charge in [0.2, 0.25) is 6.04 Å². The first kappa shape index (κ1) is 19.3. The molecule has 2 aromatic carbocycles. The summed E-state index contributed by atoms with van der Waals surface area (Å²) < 4.78 is 5.20. The fourth-order valence-electron chi connectivity index (χ4n) is 5.17. The van der Waals surface area contributed by atoms with Gasteiger partial charge in [-0.25, -0.2) is 0 Å². The monoisotopic (exact) mass is 392 g/mol. The number of hydrogen-bond acceptors (Lipinski definition) is 5. The van der Waals surface area contributed by atoms with Crippen molar-refractivity contribution in [3.8, 4) is 0 Å². The minimum absolute atomic E-state index is 0.222. The normalized spacial score (nSPS) is 29.1. The Kier molecular flexibility index (Phi) is 5.20. The number of carbonyl (C=O) groups is 1. The first-order chi connectivity index (χ1) is 14.1. The highest BCUT2D eigenvalue weighted by molar-refractivity contribution is 5.84. The number of methoxy groups -OCH3 is 1. The van der Waals surface area contributed by atoms with Crippen LogP contribution in [0.2, 0.25) is 0 Å². The SMILES string of the molecule is COC(=O)[C@]12CCCN1[C@@H](/C=C/c1ccccc1)[C@@H]([N+](=O)[O-])[C@@H]2c1ccccc1. The molecule has 2 aliphatic rings. The van der Waals surface area contributed by atoms with Crippen LogP contribution in [-0.4, -0.2) is 47.1 Å². The third-order valence-corrected chi connectivity index (χ3v) is 6.26. The van der Waals surface area contributed by atoms with E-state index in [4.69, 9.17) is 4.74 Å². The molecule has 6 heteroatoms. The van der Waals surface area contributed by atoms with Crippen molar-refractivity contribution in [2.45, 2.75) is 36.4 Å². The summed E-state index contributed by atoms with van der Waals surface area (Å²) in [5.74, 6) is -0.953. The smallest absolute Gasteiger partial charge is 0.327 e. The number of carbonyl (C=O) groups excluding carboxylic acids is 1. The highest BCUT2D eigenvalue weighted by atomic mass is 16.6. The average Bonchev–Trinajstić information content (AvgIpc) is 3.29. The van der Waals surface area contributed by atoms with Gasteiger partial charge in [-0.2, -0.15) is 0 Å². The molecular weight excluding hydrogens is 368 g/mol. The lowest BCUT2D eigenvalue weighted by Gasteiger charge is -2.34. The molecule has 0 aliphatic carbocycles. The Bertz CT molecular complexity index is 915. The molecule has 150 valence electrons. The summed E-state index contributed by atoms with van der Waals surface area (Å²) in [6.45, 7) is 0.632. The summed E-state index contributed by atoms with van der Waals surface area (Å²) in [7, 11) is 1.37. The Morgan fingerprint density at radius 1 is 1.17 bits per heavy atom. The van der Waals surface area contributed by atoms with Crippen LogP contribution < -0.4 is 0 Å². The van der Waals surface area contributed by atoms with Crippen LogP contribution >= 0.6 is 0 Å². The third-order valence-electron chi connectivity index (χ3n) is 6.26. The van der Waals surface area contributed by atoms with E-state index in [-0.39, 0.29) is 10.9 Å². The summed E-state index contributed by atoms with van der Waals surface area (Å²) in [6, 6.07) is 17.7. The minimum Gasteiger partial charge on any atom is -0.468 e. The van der Waals surface area contributed by atoms with E-state index in [1.54, 1.807) is 0 Å². The molecule has 0 N–H and O–H groups in total. The van der Waals surface area contributed by atoms with Gasteiger partial charge in [0.25, 0.3) is 0 Å². The van der Waals surface area contributed by atoms with Gasteiger partial charge in [0.15, 0.2) is 0 Å². The highest BCUT2D eigenvalue weighted by Crippen LogP contribution is 2.53. The van der Waals surface area contributed by atoms with Gasteiger partial charge in [0.1, 0.15) is 5.54 Å². The first-order valence-electron chi connectivity index (χ1n) is 9.86. The van der Waals surface area contributed by atoms with E-state index >= 15 is 0 Å². The number of nitrogens with zero attached hydrogens (tertiary/aromatic N) is 2. The average molecular weight is 392 g/mol. The van der Waals surface area contributed by atoms with Crippen LogP contribution in [0.15, 0.2) is 66.7 Å². The van der Waals surface area contributed by atoms with Crippen LogP contribution in [0.25, 0.3) is 6.08 Å². The van der Waals surface area contributed by atoms with Gasteiger partial charge in [-0.15, -0.1) is 0 Å².